The van der Waals surface area contributed by atoms with Gasteiger partial charge in [0.2, 0.25) is 0 Å². The summed E-state index contributed by atoms with van der Waals surface area (Å²) in [6, 6.07) is 5.93. The number of aromatic nitrogens is 2. The van der Waals surface area contributed by atoms with Crippen LogP contribution in [0.2, 0.25) is 5.02 Å². The van der Waals surface area contributed by atoms with Crippen molar-refractivity contribution in [2.45, 2.75) is 20.4 Å². The number of hydrogen-bond acceptors (Lipinski definition) is 3. The predicted octanol–water partition coefficient (Wildman–Crippen LogP) is 3.14. The SMILES string of the molecule is CC(C)Cn1nccc1C(=O)Nc1ccc(Cl)c(C(=O)O)c1. The topological polar surface area (TPSA) is 84.2 Å². The van der Waals surface area contributed by atoms with E-state index in [-0.39, 0.29) is 16.5 Å². The number of aromatic carboxylic acids is 1. The molecule has 2 rings (SSSR count). The van der Waals surface area contributed by atoms with Gasteiger partial charge in [-0.2, -0.15) is 5.10 Å². The molecular weight excluding hydrogens is 306 g/mol. The van der Waals surface area contributed by atoms with E-state index in [4.69, 9.17) is 16.7 Å². The van der Waals surface area contributed by atoms with Crippen LogP contribution in [-0.2, 0) is 6.54 Å². The number of carbonyl (C=O) groups excluding carboxylic acids is 1. The van der Waals surface area contributed by atoms with Gasteiger partial charge in [0.25, 0.3) is 5.91 Å². The van der Waals surface area contributed by atoms with Gasteiger partial charge in [-0.15, -0.1) is 0 Å². The number of carbonyl (C=O) groups is 2. The third kappa shape index (κ3) is 3.65. The van der Waals surface area contributed by atoms with Crippen LogP contribution in [0.15, 0.2) is 30.5 Å². The molecule has 0 bridgehead atoms. The van der Waals surface area contributed by atoms with E-state index in [0.29, 0.717) is 23.8 Å². The summed E-state index contributed by atoms with van der Waals surface area (Å²) in [5.41, 5.74) is 0.722. The second-order valence-electron chi connectivity index (χ2n) is 5.25. The summed E-state index contributed by atoms with van der Waals surface area (Å²) in [7, 11) is 0. The highest BCUT2D eigenvalue weighted by molar-refractivity contribution is 6.33. The van der Waals surface area contributed by atoms with Crippen LogP contribution in [0.1, 0.15) is 34.7 Å². The Morgan fingerprint density at radius 1 is 1.36 bits per heavy atom. The number of carboxylic acid groups (broad SMARTS) is 1. The third-order valence-electron chi connectivity index (χ3n) is 2.94. The number of benzene rings is 1. The molecule has 0 unspecified atom stereocenters. The Balaban J connectivity index is 2.21. The summed E-state index contributed by atoms with van der Waals surface area (Å²) in [5.74, 6) is -1.15. The number of halogens is 1. The van der Waals surface area contributed by atoms with Gasteiger partial charge in [-0.3, -0.25) is 9.48 Å². The van der Waals surface area contributed by atoms with Crippen LogP contribution in [0.4, 0.5) is 5.69 Å². The first-order chi connectivity index (χ1) is 10.4. The van der Waals surface area contributed by atoms with Crippen LogP contribution < -0.4 is 5.32 Å². The van der Waals surface area contributed by atoms with Crippen LogP contribution in [0.5, 0.6) is 0 Å². The average molecular weight is 322 g/mol. The molecular formula is C15H16ClN3O3. The van der Waals surface area contributed by atoms with Crippen molar-refractivity contribution >= 4 is 29.2 Å². The van der Waals surface area contributed by atoms with E-state index in [0.717, 1.165) is 0 Å². The first-order valence-electron chi connectivity index (χ1n) is 6.74. The molecule has 0 spiro atoms. The quantitative estimate of drug-likeness (QED) is 0.886. The summed E-state index contributed by atoms with van der Waals surface area (Å²) >= 11 is 5.80. The van der Waals surface area contributed by atoms with Crippen LogP contribution in [0.3, 0.4) is 0 Å². The number of nitrogens with zero attached hydrogens (tertiary/aromatic N) is 2. The number of anilines is 1. The molecule has 1 heterocycles. The van der Waals surface area contributed by atoms with Crippen molar-refractivity contribution in [2.24, 2.45) is 5.92 Å². The Labute approximate surface area is 132 Å². The molecule has 0 atom stereocenters. The number of hydrogen-bond donors (Lipinski definition) is 2. The van der Waals surface area contributed by atoms with E-state index in [1.165, 1.54) is 12.1 Å². The molecule has 6 nitrogen and oxygen atoms in total. The first-order valence-corrected chi connectivity index (χ1v) is 7.12. The van der Waals surface area contributed by atoms with Crippen LogP contribution in [-0.4, -0.2) is 26.8 Å². The summed E-state index contributed by atoms with van der Waals surface area (Å²) in [6.45, 7) is 4.68. The molecule has 2 aromatic rings. The van der Waals surface area contributed by atoms with Gasteiger partial charge in [-0.05, 0) is 30.2 Å². The maximum atomic E-state index is 12.3. The Morgan fingerprint density at radius 3 is 2.73 bits per heavy atom. The van der Waals surface area contributed by atoms with Crippen molar-refractivity contribution < 1.29 is 14.7 Å². The first kappa shape index (κ1) is 16.0. The molecule has 7 heteroatoms. The zero-order valence-electron chi connectivity index (χ0n) is 12.2. The second kappa shape index (κ2) is 6.62. The molecule has 0 aliphatic heterocycles. The number of amides is 1. The summed E-state index contributed by atoms with van der Waals surface area (Å²) in [5, 5.41) is 15.9. The predicted molar refractivity (Wildman–Crippen MR) is 83.4 cm³/mol. The number of nitrogens with one attached hydrogen (secondary N) is 1. The normalized spacial score (nSPS) is 10.7. The molecule has 1 amide bonds. The summed E-state index contributed by atoms with van der Waals surface area (Å²) in [4.78, 5) is 23.3. The fraction of sp³-hybridized carbons (Fsp3) is 0.267. The molecule has 1 aromatic heterocycles. The molecule has 0 radical (unpaired) electrons. The largest absolute Gasteiger partial charge is 0.478 e. The maximum absolute atomic E-state index is 12.3. The third-order valence-corrected chi connectivity index (χ3v) is 3.27. The molecule has 0 aliphatic rings. The minimum absolute atomic E-state index is 0.0600. The zero-order chi connectivity index (χ0) is 16.3. The van der Waals surface area contributed by atoms with Crippen molar-refractivity contribution in [3.63, 3.8) is 0 Å². The Morgan fingerprint density at radius 2 is 2.09 bits per heavy atom. The standard InChI is InChI=1S/C15H16ClN3O3/c1-9(2)8-19-13(5-6-17-19)14(20)18-10-3-4-12(16)11(7-10)15(21)22/h3-7,9H,8H2,1-2H3,(H,18,20)(H,21,22). The van der Waals surface area contributed by atoms with Gasteiger partial charge in [0, 0.05) is 18.4 Å². The Bertz CT molecular complexity index is 710. The van der Waals surface area contributed by atoms with Crippen molar-refractivity contribution in [1.29, 1.82) is 0 Å². The van der Waals surface area contributed by atoms with Gasteiger partial charge in [0.1, 0.15) is 5.69 Å². The fourth-order valence-corrected chi connectivity index (χ4v) is 2.18. The zero-order valence-corrected chi connectivity index (χ0v) is 13.0. The highest BCUT2D eigenvalue weighted by atomic mass is 35.5. The van der Waals surface area contributed by atoms with Gasteiger partial charge in [0.05, 0.1) is 10.6 Å². The van der Waals surface area contributed by atoms with Gasteiger partial charge >= 0.3 is 5.97 Å². The molecule has 0 saturated heterocycles. The average Bonchev–Trinajstić information content (AvgIpc) is 2.88. The van der Waals surface area contributed by atoms with Crippen LogP contribution in [0.25, 0.3) is 0 Å². The van der Waals surface area contributed by atoms with Gasteiger partial charge in [-0.25, -0.2) is 4.79 Å². The lowest BCUT2D eigenvalue weighted by atomic mass is 10.2. The lowest BCUT2D eigenvalue weighted by Crippen LogP contribution is -2.19. The Hall–Kier alpha value is -2.34. The van der Waals surface area contributed by atoms with Gasteiger partial charge in [-0.1, -0.05) is 25.4 Å². The molecule has 22 heavy (non-hydrogen) atoms. The minimum Gasteiger partial charge on any atom is -0.478 e. The van der Waals surface area contributed by atoms with Crippen molar-refractivity contribution in [3.8, 4) is 0 Å². The highest BCUT2D eigenvalue weighted by Gasteiger charge is 2.15. The number of rotatable bonds is 5. The monoisotopic (exact) mass is 321 g/mol. The van der Waals surface area contributed by atoms with Crippen molar-refractivity contribution in [2.75, 3.05) is 5.32 Å². The minimum atomic E-state index is -1.15. The molecule has 0 saturated carbocycles. The lowest BCUT2D eigenvalue weighted by Gasteiger charge is -2.11. The maximum Gasteiger partial charge on any atom is 0.337 e. The molecule has 2 N–H and O–H groups in total. The van der Waals surface area contributed by atoms with E-state index in [1.807, 2.05) is 13.8 Å². The second-order valence-corrected chi connectivity index (χ2v) is 5.65. The van der Waals surface area contributed by atoms with E-state index < -0.39 is 5.97 Å². The lowest BCUT2D eigenvalue weighted by molar-refractivity contribution is 0.0696. The van der Waals surface area contributed by atoms with E-state index in [2.05, 4.69) is 10.4 Å². The summed E-state index contributed by atoms with van der Waals surface area (Å²) < 4.78 is 1.62. The van der Waals surface area contributed by atoms with E-state index in [1.54, 1.807) is 23.0 Å². The Kier molecular flexibility index (Phi) is 4.82. The van der Waals surface area contributed by atoms with E-state index in [9.17, 15) is 9.59 Å². The highest BCUT2D eigenvalue weighted by Crippen LogP contribution is 2.21. The number of carboxylic acids is 1. The molecule has 116 valence electrons. The molecule has 0 aliphatic carbocycles. The fourth-order valence-electron chi connectivity index (χ4n) is 1.98. The molecule has 1 aromatic carbocycles. The van der Waals surface area contributed by atoms with Gasteiger partial charge in [0.15, 0.2) is 0 Å². The van der Waals surface area contributed by atoms with Crippen LogP contribution in [0, 0.1) is 5.92 Å². The van der Waals surface area contributed by atoms with E-state index >= 15 is 0 Å². The van der Waals surface area contributed by atoms with Crippen LogP contribution >= 0.6 is 11.6 Å². The summed E-state index contributed by atoms with van der Waals surface area (Å²) in [6.07, 6.45) is 1.56. The van der Waals surface area contributed by atoms with Gasteiger partial charge < -0.3 is 10.4 Å². The van der Waals surface area contributed by atoms with Crippen molar-refractivity contribution in [3.05, 3.63) is 46.7 Å². The molecule has 0 fully saturated rings. The van der Waals surface area contributed by atoms with Crippen molar-refractivity contribution in [1.82, 2.24) is 9.78 Å². The smallest absolute Gasteiger partial charge is 0.337 e.